The number of anilines is 1. The number of pyridine rings is 1. The Hall–Kier alpha value is -2.37. The SMILES string of the molecule is CCC1=C2CC(N3CCN(Cc4ccccc4)CC3)(CCO2)CN1c1ccccn1. The van der Waals surface area contributed by atoms with Gasteiger partial charge in [-0.1, -0.05) is 43.3 Å². The number of fused-ring (bicyclic) bond motifs is 2. The molecule has 5 heteroatoms. The Labute approximate surface area is 180 Å². The topological polar surface area (TPSA) is 31.8 Å². The van der Waals surface area contributed by atoms with E-state index in [-0.39, 0.29) is 5.54 Å². The zero-order chi connectivity index (χ0) is 20.4. The Balaban J connectivity index is 1.33. The Kier molecular flexibility index (Phi) is 5.48. The van der Waals surface area contributed by atoms with Gasteiger partial charge in [-0.15, -0.1) is 0 Å². The van der Waals surface area contributed by atoms with Crippen molar-refractivity contribution in [1.82, 2.24) is 14.8 Å². The van der Waals surface area contributed by atoms with Crippen LogP contribution in [0.1, 0.15) is 31.7 Å². The molecule has 0 saturated carbocycles. The summed E-state index contributed by atoms with van der Waals surface area (Å²) in [6, 6.07) is 17.0. The number of hydrogen-bond acceptors (Lipinski definition) is 5. The zero-order valence-electron chi connectivity index (χ0n) is 18.0. The van der Waals surface area contributed by atoms with Crippen molar-refractivity contribution in [2.75, 3.05) is 44.2 Å². The minimum atomic E-state index is 0.155. The lowest BCUT2D eigenvalue weighted by Crippen LogP contribution is -2.64. The van der Waals surface area contributed by atoms with E-state index >= 15 is 0 Å². The normalized spacial score (nSPS) is 25.3. The highest BCUT2D eigenvalue weighted by atomic mass is 16.5. The number of ether oxygens (including phenoxy) is 1. The van der Waals surface area contributed by atoms with Crippen LogP contribution in [-0.4, -0.2) is 59.7 Å². The quantitative estimate of drug-likeness (QED) is 0.755. The molecule has 1 unspecified atom stereocenters. The van der Waals surface area contributed by atoms with Gasteiger partial charge in [-0.25, -0.2) is 4.98 Å². The first-order valence-corrected chi connectivity index (χ1v) is 11.3. The second-order valence-corrected chi connectivity index (χ2v) is 8.75. The summed E-state index contributed by atoms with van der Waals surface area (Å²) in [6.45, 7) is 9.62. The lowest BCUT2D eigenvalue weighted by molar-refractivity contribution is -0.0250. The molecular formula is C25H32N4O. The Bertz CT molecular complexity index is 877. The molecule has 2 bridgehead atoms. The number of aromatic nitrogens is 1. The minimum absolute atomic E-state index is 0.155. The summed E-state index contributed by atoms with van der Waals surface area (Å²) >= 11 is 0. The van der Waals surface area contributed by atoms with Crippen LogP contribution < -0.4 is 4.90 Å². The monoisotopic (exact) mass is 404 g/mol. The molecule has 0 N–H and O–H groups in total. The first-order valence-electron chi connectivity index (χ1n) is 11.3. The van der Waals surface area contributed by atoms with E-state index in [0.29, 0.717) is 0 Å². The van der Waals surface area contributed by atoms with Gasteiger partial charge in [0.2, 0.25) is 0 Å². The molecule has 5 nitrogen and oxygen atoms in total. The molecule has 0 aliphatic carbocycles. The molecule has 0 radical (unpaired) electrons. The third kappa shape index (κ3) is 3.72. The van der Waals surface area contributed by atoms with E-state index in [0.717, 1.165) is 71.0 Å². The van der Waals surface area contributed by atoms with E-state index in [9.17, 15) is 0 Å². The number of rotatable bonds is 5. The van der Waals surface area contributed by atoms with Gasteiger partial charge in [0.15, 0.2) is 0 Å². The predicted octanol–water partition coefficient (Wildman–Crippen LogP) is 3.89. The molecule has 4 heterocycles. The lowest BCUT2D eigenvalue weighted by Gasteiger charge is -2.54. The molecule has 1 aromatic heterocycles. The molecule has 1 aromatic carbocycles. The number of allylic oxidation sites excluding steroid dienone is 1. The first kappa shape index (κ1) is 19.6. The molecule has 1 atom stereocenters. The highest BCUT2D eigenvalue weighted by Gasteiger charge is 2.47. The first-order chi connectivity index (χ1) is 14.8. The van der Waals surface area contributed by atoms with Crippen LogP contribution in [0.5, 0.6) is 0 Å². The van der Waals surface area contributed by atoms with E-state index in [1.54, 1.807) is 0 Å². The average Bonchev–Trinajstić information content (AvgIpc) is 2.81. The zero-order valence-corrected chi connectivity index (χ0v) is 18.0. The van der Waals surface area contributed by atoms with Crippen LogP contribution in [0.3, 0.4) is 0 Å². The Morgan fingerprint density at radius 3 is 2.53 bits per heavy atom. The van der Waals surface area contributed by atoms with Crippen molar-refractivity contribution < 1.29 is 4.74 Å². The van der Waals surface area contributed by atoms with Crippen LogP contribution in [0.4, 0.5) is 5.82 Å². The van der Waals surface area contributed by atoms with Gasteiger partial charge in [0.1, 0.15) is 11.6 Å². The van der Waals surface area contributed by atoms with Crippen LogP contribution >= 0.6 is 0 Å². The molecule has 3 aliphatic rings. The largest absolute Gasteiger partial charge is 0.496 e. The molecule has 5 rings (SSSR count). The fraction of sp³-hybridized carbons (Fsp3) is 0.480. The predicted molar refractivity (Wildman–Crippen MR) is 120 cm³/mol. The lowest BCUT2D eigenvalue weighted by atomic mass is 9.81. The van der Waals surface area contributed by atoms with Crippen LogP contribution in [0.15, 0.2) is 66.2 Å². The highest BCUT2D eigenvalue weighted by Crippen LogP contribution is 2.42. The van der Waals surface area contributed by atoms with Crippen molar-refractivity contribution >= 4 is 5.82 Å². The van der Waals surface area contributed by atoms with E-state index in [1.165, 1.54) is 17.0 Å². The number of piperazine rings is 1. The van der Waals surface area contributed by atoms with E-state index in [1.807, 2.05) is 12.3 Å². The Morgan fingerprint density at radius 1 is 1.00 bits per heavy atom. The third-order valence-corrected chi connectivity index (χ3v) is 6.99. The number of hydrogen-bond donors (Lipinski definition) is 0. The van der Waals surface area contributed by atoms with Crippen LogP contribution in [-0.2, 0) is 11.3 Å². The fourth-order valence-electron chi connectivity index (χ4n) is 5.38. The van der Waals surface area contributed by atoms with Gasteiger partial charge < -0.3 is 9.64 Å². The van der Waals surface area contributed by atoms with Crippen molar-refractivity contribution in [3.63, 3.8) is 0 Å². The number of nitrogens with zero attached hydrogens (tertiary/aromatic N) is 4. The van der Waals surface area contributed by atoms with Gasteiger partial charge in [0, 0.05) is 63.8 Å². The van der Waals surface area contributed by atoms with Crippen LogP contribution in [0.25, 0.3) is 0 Å². The van der Waals surface area contributed by atoms with Crippen molar-refractivity contribution in [2.45, 2.75) is 38.3 Å². The fourth-order valence-corrected chi connectivity index (χ4v) is 5.38. The molecule has 2 aromatic rings. The molecule has 0 amide bonds. The van der Waals surface area contributed by atoms with Crippen molar-refractivity contribution in [3.05, 3.63) is 71.7 Å². The summed E-state index contributed by atoms with van der Waals surface area (Å²) in [6.07, 6.45) is 5.01. The average molecular weight is 405 g/mol. The highest BCUT2D eigenvalue weighted by molar-refractivity contribution is 5.50. The van der Waals surface area contributed by atoms with Crippen LogP contribution in [0.2, 0.25) is 0 Å². The maximum Gasteiger partial charge on any atom is 0.132 e. The summed E-state index contributed by atoms with van der Waals surface area (Å²) in [5, 5.41) is 0. The molecule has 2 fully saturated rings. The van der Waals surface area contributed by atoms with Crippen molar-refractivity contribution in [3.8, 4) is 0 Å². The molecule has 3 aliphatic heterocycles. The van der Waals surface area contributed by atoms with Gasteiger partial charge >= 0.3 is 0 Å². The second-order valence-electron chi connectivity index (χ2n) is 8.75. The van der Waals surface area contributed by atoms with E-state index in [2.05, 4.69) is 69.1 Å². The minimum Gasteiger partial charge on any atom is -0.496 e. The molecule has 0 spiro atoms. The standard InChI is InChI=1S/C25H32N4O/c1-2-22-23-18-25(11-17-30-23,20-29(22)24-10-6-7-12-26-24)28-15-13-27(14-16-28)19-21-8-4-3-5-9-21/h3-10,12H,2,11,13-20H2,1H3. The molecule has 158 valence electrons. The number of benzene rings is 1. The summed E-state index contributed by atoms with van der Waals surface area (Å²) in [4.78, 5) is 12.4. The van der Waals surface area contributed by atoms with Gasteiger partial charge in [-0.2, -0.15) is 0 Å². The Morgan fingerprint density at radius 2 is 1.80 bits per heavy atom. The molecule has 30 heavy (non-hydrogen) atoms. The molecular weight excluding hydrogens is 372 g/mol. The third-order valence-electron chi connectivity index (χ3n) is 6.99. The smallest absolute Gasteiger partial charge is 0.132 e. The summed E-state index contributed by atoms with van der Waals surface area (Å²) in [5.41, 5.74) is 2.88. The van der Waals surface area contributed by atoms with Crippen LogP contribution in [0, 0.1) is 0 Å². The van der Waals surface area contributed by atoms with Gasteiger partial charge in [0.05, 0.1) is 12.3 Å². The maximum atomic E-state index is 6.19. The molecule has 2 saturated heterocycles. The second kappa shape index (κ2) is 8.40. The van der Waals surface area contributed by atoms with Crippen molar-refractivity contribution in [2.24, 2.45) is 0 Å². The summed E-state index contributed by atoms with van der Waals surface area (Å²) in [7, 11) is 0. The summed E-state index contributed by atoms with van der Waals surface area (Å²) < 4.78 is 6.19. The van der Waals surface area contributed by atoms with Gasteiger partial charge in [-0.3, -0.25) is 9.80 Å². The maximum absolute atomic E-state index is 6.19. The van der Waals surface area contributed by atoms with E-state index in [4.69, 9.17) is 4.74 Å². The van der Waals surface area contributed by atoms with Gasteiger partial charge in [-0.05, 0) is 24.1 Å². The van der Waals surface area contributed by atoms with Gasteiger partial charge in [0.25, 0.3) is 0 Å². The van der Waals surface area contributed by atoms with Crippen molar-refractivity contribution in [1.29, 1.82) is 0 Å². The van der Waals surface area contributed by atoms with E-state index < -0.39 is 0 Å². The summed E-state index contributed by atoms with van der Waals surface area (Å²) in [5.74, 6) is 2.23.